The van der Waals surface area contributed by atoms with Crippen LogP contribution in [0.5, 0.6) is 5.75 Å². The first-order chi connectivity index (χ1) is 8.58. The number of ether oxygens (including phenoxy) is 1. The predicted octanol–water partition coefficient (Wildman–Crippen LogP) is 2.78. The number of methoxy groups -OCH3 is 1. The fraction of sp³-hybridized carbons (Fsp3) is 0.500. The molecule has 18 heavy (non-hydrogen) atoms. The molecule has 0 aliphatic carbocycles. The number of aryl methyl sites for hydroxylation is 1. The molecule has 0 saturated carbocycles. The summed E-state index contributed by atoms with van der Waals surface area (Å²) in [5.41, 5.74) is 2.15. The Morgan fingerprint density at radius 3 is 2.78 bits per heavy atom. The standard InChI is InChI=1S/C14H21NO3/c1-4-11-9-12(5-6-13(11)18-3)15-8-7-10(2)14(16)17/h5-6,9-10,15H,4,7-8H2,1-3H3,(H,16,17). The molecule has 4 heteroatoms. The molecule has 1 aromatic rings. The van der Waals surface area contributed by atoms with Gasteiger partial charge >= 0.3 is 5.97 Å². The molecule has 0 aliphatic rings. The van der Waals surface area contributed by atoms with Gasteiger partial charge in [0.2, 0.25) is 0 Å². The van der Waals surface area contributed by atoms with Crippen LogP contribution in [-0.2, 0) is 11.2 Å². The second-order valence-electron chi connectivity index (χ2n) is 4.33. The van der Waals surface area contributed by atoms with Gasteiger partial charge in [0.1, 0.15) is 5.75 Å². The van der Waals surface area contributed by atoms with E-state index in [1.165, 1.54) is 0 Å². The van der Waals surface area contributed by atoms with Crippen molar-refractivity contribution in [1.82, 2.24) is 0 Å². The first-order valence-corrected chi connectivity index (χ1v) is 6.22. The number of aliphatic carboxylic acids is 1. The largest absolute Gasteiger partial charge is 0.496 e. The van der Waals surface area contributed by atoms with Gasteiger partial charge in [-0.2, -0.15) is 0 Å². The molecular formula is C14H21NO3. The van der Waals surface area contributed by atoms with Gasteiger partial charge in [-0.1, -0.05) is 13.8 Å². The summed E-state index contributed by atoms with van der Waals surface area (Å²) in [6.45, 7) is 4.45. The topological polar surface area (TPSA) is 58.6 Å². The van der Waals surface area contributed by atoms with Gasteiger partial charge in [0, 0.05) is 12.2 Å². The highest BCUT2D eigenvalue weighted by atomic mass is 16.5. The zero-order valence-electron chi connectivity index (χ0n) is 11.2. The van der Waals surface area contributed by atoms with Crippen molar-refractivity contribution in [2.75, 3.05) is 19.0 Å². The van der Waals surface area contributed by atoms with Crippen LogP contribution in [0.25, 0.3) is 0 Å². The van der Waals surface area contributed by atoms with Crippen LogP contribution < -0.4 is 10.1 Å². The molecule has 0 bridgehead atoms. The molecule has 1 atom stereocenters. The zero-order valence-corrected chi connectivity index (χ0v) is 11.2. The number of carbonyl (C=O) groups is 1. The Balaban J connectivity index is 2.55. The van der Waals surface area contributed by atoms with Crippen LogP contribution in [0.1, 0.15) is 25.8 Å². The quantitative estimate of drug-likeness (QED) is 0.782. The number of hydrogen-bond acceptors (Lipinski definition) is 3. The number of nitrogens with one attached hydrogen (secondary N) is 1. The van der Waals surface area contributed by atoms with Gasteiger partial charge in [-0.3, -0.25) is 4.79 Å². The van der Waals surface area contributed by atoms with Crippen LogP contribution in [-0.4, -0.2) is 24.7 Å². The van der Waals surface area contributed by atoms with E-state index in [4.69, 9.17) is 9.84 Å². The molecule has 0 fully saturated rings. The van der Waals surface area contributed by atoms with E-state index >= 15 is 0 Å². The van der Waals surface area contributed by atoms with Gasteiger partial charge < -0.3 is 15.2 Å². The van der Waals surface area contributed by atoms with Crippen LogP contribution in [0.4, 0.5) is 5.69 Å². The normalized spacial score (nSPS) is 11.9. The molecule has 0 amide bonds. The molecule has 0 aromatic heterocycles. The Morgan fingerprint density at radius 1 is 1.50 bits per heavy atom. The van der Waals surface area contributed by atoms with Gasteiger partial charge in [-0.05, 0) is 36.6 Å². The lowest BCUT2D eigenvalue weighted by atomic mass is 10.1. The average molecular weight is 251 g/mol. The van der Waals surface area contributed by atoms with Crippen LogP contribution in [0.3, 0.4) is 0 Å². The van der Waals surface area contributed by atoms with Crippen LogP contribution in [0, 0.1) is 5.92 Å². The number of rotatable bonds is 7. The van der Waals surface area contributed by atoms with E-state index in [9.17, 15) is 4.79 Å². The maximum Gasteiger partial charge on any atom is 0.306 e. The van der Waals surface area contributed by atoms with Gasteiger partial charge in [-0.15, -0.1) is 0 Å². The highest BCUT2D eigenvalue weighted by Gasteiger charge is 2.10. The van der Waals surface area contributed by atoms with Crippen molar-refractivity contribution in [3.63, 3.8) is 0 Å². The Labute approximate surface area is 108 Å². The minimum Gasteiger partial charge on any atom is -0.496 e. The van der Waals surface area contributed by atoms with E-state index in [1.54, 1.807) is 14.0 Å². The molecule has 2 N–H and O–H groups in total. The SMILES string of the molecule is CCc1cc(NCCC(C)C(=O)O)ccc1OC. The number of carboxylic acid groups (broad SMARTS) is 1. The summed E-state index contributed by atoms with van der Waals surface area (Å²) in [6.07, 6.45) is 1.52. The maximum absolute atomic E-state index is 10.7. The van der Waals surface area contributed by atoms with Crippen molar-refractivity contribution in [3.8, 4) is 5.75 Å². The van der Waals surface area contributed by atoms with Gasteiger partial charge in [0.15, 0.2) is 0 Å². The highest BCUT2D eigenvalue weighted by Crippen LogP contribution is 2.23. The molecule has 1 unspecified atom stereocenters. The van der Waals surface area contributed by atoms with E-state index in [0.29, 0.717) is 13.0 Å². The van der Waals surface area contributed by atoms with Crippen molar-refractivity contribution < 1.29 is 14.6 Å². The van der Waals surface area contributed by atoms with Gasteiger partial charge in [0.25, 0.3) is 0 Å². The Bertz CT molecular complexity index is 404. The molecule has 0 spiro atoms. The average Bonchev–Trinajstić information content (AvgIpc) is 2.38. The third-order valence-corrected chi connectivity index (χ3v) is 2.99. The van der Waals surface area contributed by atoms with Gasteiger partial charge in [-0.25, -0.2) is 0 Å². The first kappa shape index (κ1) is 14.4. The molecule has 4 nitrogen and oxygen atoms in total. The molecule has 0 heterocycles. The number of anilines is 1. The van der Waals surface area contributed by atoms with Crippen molar-refractivity contribution >= 4 is 11.7 Å². The summed E-state index contributed by atoms with van der Waals surface area (Å²) in [5, 5.41) is 12.0. The third kappa shape index (κ3) is 3.95. The molecule has 100 valence electrons. The minimum absolute atomic E-state index is 0.318. The number of benzene rings is 1. The van der Waals surface area contributed by atoms with Crippen LogP contribution in [0.2, 0.25) is 0 Å². The zero-order chi connectivity index (χ0) is 13.5. The van der Waals surface area contributed by atoms with E-state index < -0.39 is 5.97 Å². The van der Waals surface area contributed by atoms with Gasteiger partial charge in [0.05, 0.1) is 13.0 Å². The molecule has 1 aromatic carbocycles. The number of hydrogen-bond donors (Lipinski definition) is 2. The fourth-order valence-electron chi connectivity index (χ4n) is 1.72. The lowest BCUT2D eigenvalue weighted by Crippen LogP contribution is -2.14. The Kier molecular flexibility index (Phi) is 5.49. The summed E-state index contributed by atoms with van der Waals surface area (Å²) in [7, 11) is 1.66. The Hall–Kier alpha value is -1.71. The second kappa shape index (κ2) is 6.89. The molecular weight excluding hydrogens is 230 g/mol. The molecule has 0 radical (unpaired) electrons. The Morgan fingerprint density at radius 2 is 2.22 bits per heavy atom. The summed E-state index contributed by atoms with van der Waals surface area (Å²) >= 11 is 0. The van der Waals surface area contributed by atoms with Crippen molar-refractivity contribution in [2.24, 2.45) is 5.92 Å². The third-order valence-electron chi connectivity index (χ3n) is 2.99. The van der Waals surface area contributed by atoms with Crippen molar-refractivity contribution in [1.29, 1.82) is 0 Å². The monoisotopic (exact) mass is 251 g/mol. The first-order valence-electron chi connectivity index (χ1n) is 6.22. The van der Waals surface area contributed by atoms with E-state index in [0.717, 1.165) is 23.4 Å². The minimum atomic E-state index is -0.749. The van der Waals surface area contributed by atoms with Crippen molar-refractivity contribution in [3.05, 3.63) is 23.8 Å². The summed E-state index contributed by atoms with van der Waals surface area (Å²) in [5.74, 6) is -0.177. The fourth-order valence-corrected chi connectivity index (χ4v) is 1.72. The summed E-state index contributed by atoms with van der Waals surface area (Å²) in [6, 6.07) is 5.93. The van der Waals surface area contributed by atoms with E-state index in [-0.39, 0.29) is 5.92 Å². The van der Waals surface area contributed by atoms with Crippen molar-refractivity contribution in [2.45, 2.75) is 26.7 Å². The van der Waals surface area contributed by atoms with Crippen LogP contribution >= 0.6 is 0 Å². The molecule has 0 saturated heterocycles. The van der Waals surface area contributed by atoms with Crippen LogP contribution in [0.15, 0.2) is 18.2 Å². The maximum atomic E-state index is 10.7. The number of carboxylic acids is 1. The summed E-state index contributed by atoms with van der Waals surface area (Å²) in [4.78, 5) is 10.7. The second-order valence-corrected chi connectivity index (χ2v) is 4.33. The predicted molar refractivity (Wildman–Crippen MR) is 72.3 cm³/mol. The lowest BCUT2D eigenvalue weighted by Gasteiger charge is -2.12. The molecule has 1 rings (SSSR count). The summed E-state index contributed by atoms with van der Waals surface area (Å²) < 4.78 is 5.26. The highest BCUT2D eigenvalue weighted by molar-refractivity contribution is 5.69. The van der Waals surface area contributed by atoms with E-state index in [1.807, 2.05) is 18.2 Å². The van der Waals surface area contributed by atoms with E-state index in [2.05, 4.69) is 12.2 Å². The molecule has 0 aliphatic heterocycles. The smallest absolute Gasteiger partial charge is 0.306 e. The lowest BCUT2D eigenvalue weighted by molar-refractivity contribution is -0.141.